The molecule has 1 amide bonds. The van der Waals surface area contributed by atoms with Crippen molar-refractivity contribution < 1.29 is 19.1 Å². The van der Waals surface area contributed by atoms with E-state index >= 15 is 0 Å². The number of carboxylic acid groups (broad SMARTS) is 1. The Morgan fingerprint density at radius 2 is 2.03 bits per heavy atom. The van der Waals surface area contributed by atoms with Crippen molar-refractivity contribution in [2.45, 2.75) is 25.3 Å². The summed E-state index contributed by atoms with van der Waals surface area (Å²) in [5.74, 6) is -1.42. The normalized spacial score (nSPS) is 16.7. The third kappa shape index (κ3) is 4.11. The quantitative estimate of drug-likeness (QED) is 0.416. The summed E-state index contributed by atoms with van der Waals surface area (Å²) in [6.45, 7) is 0.993. The molecule has 2 N–H and O–H groups in total. The number of halogens is 1. The number of aromatic nitrogens is 1. The first-order chi connectivity index (χ1) is 15.5. The molecule has 0 unspecified atom stereocenters. The first-order valence-electron chi connectivity index (χ1n) is 10.3. The number of carbonyl (C=O) groups is 2. The highest BCUT2D eigenvalue weighted by atomic mass is 32.1. The molecule has 164 valence electrons. The summed E-state index contributed by atoms with van der Waals surface area (Å²) in [5.41, 5.74) is 1.50. The van der Waals surface area contributed by atoms with Gasteiger partial charge in [0.1, 0.15) is 10.7 Å². The summed E-state index contributed by atoms with van der Waals surface area (Å²) >= 11 is 2.55. The Kier molecular flexibility index (Phi) is 5.62. The van der Waals surface area contributed by atoms with Gasteiger partial charge in [0.25, 0.3) is 0 Å². The second kappa shape index (κ2) is 8.57. The molecule has 1 saturated heterocycles. The maximum absolute atomic E-state index is 13.4. The predicted molar refractivity (Wildman–Crippen MR) is 125 cm³/mol. The van der Waals surface area contributed by atoms with Crippen molar-refractivity contribution in [3.8, 4) is 0 Å². The molecule has 1 aliphatic heterocycles. The number of carbonyl (C=O) groups excluding carboxylic acids is 1. The molecule has 2 aromatic carbocycles. The Balaban J connectivity index is 1.31. The van der Waals surface area contributed by atoms with Crippen LogP contribution < -0.4 is 5.32 Å². The van der Waals surface area contributed by atoms with E-state index < -0.39 is 5.97 Å². The van der Waals surface area contributed by atoms with Crippen LogP contribution in [-0.2, 0) is 11.2 Å². The van der Waals surface area contributed by atoms with Crippen LogP contribution in [-0.4, -0.2) is 46.0 Å². The Morgan fingerprint density at radius 1 is 1.19 bits per heavy atom. The summed E-state index contributed by atoms with van der Waals surface area (Å²) < 4.78 is 15.1. The number of amides is 1. The third-order valence-electron chi connectivity index (χ3n) is 5.77. The van der Waals surface area contributed by atoms with Gasteiger partial charge in [-0.2, -0.15) is 0 Å². The van der Waals surface area contributed by atoms with E-state index in [0.29, 0.717) is 26.6 Å². The zero-order valence-electron chi connectivity index (χ0n) is 17.0. The van der Waals surface area contributed by atoms with Crippen LogP contribution in [0.4, 0.5) is 9.52 Å². The zero-order valence-corrected chi connectivity index (χ0v) is 18.6. The van der Waals surface area contributed by atoms with Crippen molar-refractivity contribution in [3.63, 3.8) is 0 Å². The van der Waals surface area contributed by atoms with Crippen molar-refractivity contribution in [1.29, 1.82) is 0 Å². The minimum absolute atomic E-state index is 0.0984. The molecule has 1 aliphatic rings. The molecule has 6 nitrogen and oxygen atoms in total. The Labute approximate surface area is 191 Å². The third-order valence-corrected chi connectivity index (χ3v) is 7.91. The number of nitrogens with zero attached hydrogens (tertiary/aromatic N) is 2. The largest absolute Gasteiger partial charge is 0.477 e. The Bertz CT molecular complexity index is 1330. The molecule has 0 bridgehead atoms. The van der Waals surface area contributed by atoms with Crippen molar-refractivity contribution in [2.24, 2.45) is 0 Å². The fraction of sp³-hybridized carbons (Fsp3) is 0.261. The fourth-order valence-corrected chi connectivity index (χ4v) is 6.32. The van der Waals surface area contributed by atoms with Gasteiger partial charge in [-0.25, -0.2) is 14.2 Å². The second-order valence-electron chi connectivity index (χ2n) is 7.86. The number of thiazole rings is 1. The van der Waals surface area contributed by atoms with Crippen LogP contribution >= 0.6 is 22.7 Å². The summed E-state index contributed by atoms with van der Waals surface area (Å²) in [6.07, 6.45) is 2.47. The minimum atomic E-state index is -0.907. The molecule has 0 aliphatic carbocycles. The summed E-state index contributed by atoms with van der Waals surface area (Å²) in [5, 5.41) is 14.0. The molecule has 9 heteroatoms. The Hall–Kier alpha value is -2.88. The van der Waals surface area contributed by atoms with E-state index in [9.17, 15) is 19.1 Å². The van der Waals surface area contributed by atoms with Gasteiger partial charge in [0.05, 0.1) is 16.8 Å². The lowest BCUT2D eigenvalue weighted by Gasteiger charge is -2.23. The number of fused-ring (bicyclic) bond motifs is 2. The highest BCUT2D eigenvalue weighted by molar-refractivity contribution is 7.22. The van der Waals surface area contributed by atoms with Gasteiger partial charge in [-0.3, -0.25) is 9.69 Å². The average Bonchev–Trinajstić information content (AvgIpc) is 3.45. The molecule has 0 radical (unpaired) electrons. The van der Waals surface area contributed by atoms with E-state index in [0.717, 1.165) is 35.0 Å². The van der Waals surface area contributed by atoms with E-state index in [4.69, 9.17) is 0 Å². The molecular weight excluding hydrogens is 449 g/mol. The van der Waals surface area contributed by atoms with Crippen LogP contribution in [0.1, 0.15) is 28.1 Å². The van der Waals surface area contributed by atoms with Crippen molar-refractivity contribution in [2.75, 3.05) is 18.4 Å². The van der Waals surface area contributed by atoms with E-state index in [1.54, 1.807) is 6.07 Å². The average molecular weight is 470 g/mol. The molecule has 5 rings (SSSR count). The van der Waals surface area contributed by atoms with Gasteiger partial charge in [0.2, 0.25) is 5.91 Å². The smallest absolute Gasteiger partial charge is 0.346 e. The number of nitrogens with one attached hydrogen (secondary N) is 1. The highest BCUT2D eigenvalue weighted by Crippen LogP contribution is 2.34. The topological polar surface area (TPSA) is 82.5 Å². The number of hydrogen-bond donors (Lipinski definition) is 2. The lowest BCUT2D eigenvalue weighted by Crippen LogP contribution is -2.38. The van der Waals surface area contributed by atoms with Gasteiger partial charge in [0, 0.05) is 10.7 Å². The van der Waals surface area contributed by atoms with E-state index in [-0.39, 0.29) is 24.3 Å². The number of anilines is 1. The summed E-state index contributed by atoms with van der Waals surface area (Å²) in [7, 11) is 0. The predicted octanol–water partition coefficient (Wildman–Crippen LogP) is 4.99. The van der Waals surface area contributed by atoms with Crippen LogP contribution in [0.15, 0.2) is 42.5 Å². The molecule has 32 heavy (non-hydrogen) atoms. The van der Waals surface area contributed by atoms with E-state index in [2.05, 4.69) is 15.2 Å². The molecule has 0 spiro atoms. The molecule has 3 heterocycles. The van der Waals surface area contributed by atoms with Gasteiger partial charge in [-0.05, 0) is 61.0 Å². The maximum Gasteiger partial charge on any atom is 0.346 e. The molecule has 4 aromatic rings. The summed E-state index contributed by atoms with van der Waals surface area (Å²) in [4.78, 5) is 31.4. The van der Waals surface area contributed by atoms with Crippen molar-refractivity contribution in [1.82, 2.24) is 9.88 Å². The van der Waals surface area contributed by atoms with Gasteiger partial charge in [-0.1, -0.05) is 29.5 Å². The number of likely N-dealkylation sites (tertiary alicyclic amines) is 1. The van der Waals surface area contributed by atoms with E-state index in [1.165, 1.54) is 34.8 Å². The molecule has 1 atom stereocenters. The van der Waals surface area contributed by atoms with Gasteiger partial charge >= 0.3 is 5.97 Å². The van der Waals surface area contributed by atoms with Crippen LogP contribution in [0, 0.1) is 5.82 Å². The SMILES string of the molecule is O=C(CN1CCC[C@@H]1Cc1c(C(=O)O)sc2ccccc12)Nc1nc2ccc(F)cc2s1. The Morgan fingerprint density at radius 3 is 2.88 bits per heavy atom. The number of aromatic carboxylic acids is 1. The lowest BCUT2D eigenvalue weighted by molar-refractivity contribution is -0.117. The molecule has 2 aromatic heterocycles. The van der Waals surface area contributed by atoms with Crippen molar-refractivity contribution in [3.05, 3.63) is 58.7 Å². The van der Waals surface area contributed by atoms with Crippen LogP contribution in [0.25, 0.3) is 20.3 Å². The number of benzene rings is 2. The lowest BCUT2D eigenvalue weighted by atomic mass is 10.0. The summed E-state index contributed by atoms with van der Waals surface area (Å²) in [6, 6.07) is 12.2. The minimum Gasteiger partial charge on any atom is -0.477 e. The number of thiophene rings is 1. The van der Waals surface area contributed by atoms with Crippen LogP contribution in [0.2, 0.25) is 0 Å². The van der Waals surface area contributed by atoms with Gasteiger partial charge < -0.3 is 10.4 Å². The van der Waals surface area contributed by atoms with Gasteiger partial charge in [-0.15, -0.1) is 11.3 Å². The zero-order chi connectivity index (χ0) is 22.2. The molecule has 0 saturated carbocycles. The monoisotopic (exact) mass is 469 g/mol. The van der Waals surface area contributed by atoms with Crippen LogP contribution in [0.3, 0.4) is 0 Å². The number of hydrogen-bond acceptors (Lipinski definition) is 6. The second-order valence-corrected chi connectivity index (χ2v) is 9.94. The molecule has 1 fully saturated rings. The fourth-order valence-electron chi connectivity index (χ4n) is 4.34. The number of rotatable bonds is 6. The highest BCUT2D eigenvalue weighted by Gasteiger charge is 2.29. The van der Waals surface area contributed by atoms with Crippen molar-refractivity contribution >= 4 is 60.0 Å². The first kappa shape index (κ1) is 21.0. The van der Waals surface area contributed by atoms with Gasteiger partial charge in [0.15, 0.2) is 5.13 Å². The van der Waals surface area contributed by atoms with Crippen LogP contribution in [0.5, 0.6) is 0 Å². The standard InChI is InChI=1S/C23H20FN3O3S2/c24-13-7-8-17-19(10-13)32-23(25-17)26-20(28)12-27-9-3-4-14(27)11-16-15-5-1-2-6-18(15)31-21(16)22(29)30/h1-2,5-8,10,14H,3-4,9,11-12H2,(H,29,30)(H,25,26,28)/t14-/m1/s1. The first-order valence-corrected chi connectivity index (χ1v) is 11.9. The number of carboxylic acids is 1. The maximum atomic E-state index is 13.4. The molecular formula is C23H20FN3O3S2. The van der Waals surface area contributed by atoms with E-state index in [1.807, 2.05) is 24.3 Å².